The van der Waals surface area contributed by atoms with Gasteiger partial charge in [0.1, 0.15) is 0 Å². The molecule has 6 nitrogen and oxygen atoms in total. The van der Waals surface area contributed by atoms with Gasteiger partial charge in [-0.1, -0.05) is 13.3 Å². The monoisotopic (exact) mass is 305 g/mol. The highest BCUT2D eigenvalue weighted by Gasteiger charge is 2.29. The molecule has 0 aromatic carbocycles. The van der Waals surface area contributed by atoms with Gasteiger partial charge in [-0.15, -0.1) is 0 Å². The number of nitrogens with two attached hydrogens (primary N) is 1. The number of piperidine rings is 1. The number of hydrogen-bond acceptors (Lipinski definition) is 4. The zero-order chi connectivity index (χ0) is 15.2. The smallest absolute Gasteiger partial charge is 0.239 e. The van der Waals surface area contributed by atoms with Crippen LogP contribution in [0.3, 0.4) is 0 Å². The topological polar surface area (TPSA) is 92.5 Å². The number of sulfonamides is 1. The first-order valence-electron chi connectivity index (χ1n) is 7.36. The van der Waals surface area contributed by atoms with Crippen LogP contribution in [0, 0.1) is 0 Å². The third-order valence-electron chi connectivity index (χ3n) is 3.67. The predicted octanol–water partition coefficient (Wildman–Crippen LogP) is 0.434. The standard InChI is InChI=1S/C13H27N3O3S/c1-3-6-12(14)13(17)16-10-5-4-7-11(16)8-9-15-20(2,18)19/h11-12,15H,3-10,14H2,1-2H3/t11?,12-/m0/s1. The zero-order valence-electron chi connectivity index (χ0n) is 12.5. The average molecular weight is 305 g/mol. The molecule has 2 atom stereocenters. The fourth-order valence-electron chi connectivity index (χ4n) is 2.65. The van der Waals surface area contributed by atoms with Crippen molar-refractivity contribution in [3.05, 3.63) is 0 Å². The van der Waals surface area contributed by atoms with Crippen molar-refractivity contribution in [1.29, 1.82) is 0 Å². The molecule has 1 saturated heterocycles. The van der Waals surface area contributed by atoms with Crippen molar-refractivity contribution in [3.63, 3.8) is 0 Å². The summed E-state index contributed by atoms with van der Waals surface area (Å²) in [7, 11) is -3.17. The summed E-state index contributed by atoms with van der Waals surface area (Å²) in [6.07, 6.45) is 6.39. The van der Waals surface area contributed by atoms with E-state index in [1.807, 2.05) is 11.8 Å². The van der Waals surface area contributed by atoms with Crippen LogP contribution in [0.5, 0.6) is 0 Å². The lowest BCUT2D eigenvalue weighted by Crippen LogP contribution is -2.51. The molecule has 1 heterocycles. The Morgan fingerprint density at radius 2 is 2.15 bits per heavy atom. The predicted molar refractivity (Wildman–Crippen MR) is 79.7 cm³/mol. The van der Waals surface area contributed by atoms with Crippen molar-refractivity contribution >= 4 is 15.9 Å². The first kappa shape index (κ1) is 17.4. The summed E-state index contributed by atoms with van der Waals surface area (Å²) in [5.41, 5.74) is 5.92. The van der Waals surface area contributed by atoms with Gasteiger partial charge in [0.25, 0.3) is 0 Å². The van der Waals surface area contributed by atoms with Crippen molar-refractivity contribution in [2.75, 3.05) is 19.3 Å². The first-order valence-corrected chi connectivity index (χ1v) is 9.25. The largest absolute Gasteiger partial charge is 0.338 e. The van der Waals surface area contributed by atoms with Gasteiger partial charge in [0.2, 0.25) is 15.9 Å². The second-order valence-electron chi connectivity index (χ2n) is 5.53. The third kappa shape index (κ3) is 5.76. The fraction of sp³-hybridized carbons (Fsp3) is 0.923. The lowest BCUT2D eigenvalue weighted by atomic mass is 9.98. The lowest BCUT2D eigenvalue weighted by molar-refractivity contribution is -0.136. The van der Waals surface area contributed by atoms with E-state index in [2.05, 4.69) is 4.72 Å². The highest BCUT2D eigenvalue weighted by molar-refractivity contribution is 7.88. The minimum Gasteiger partial charge on any atom is -0.338 e. The van der Waals surface area contributed by atoms with Crippen LogP contribution in [-0.2, 0) is 14.8 Å². The number of rotatable bonds is 7. The second kappa shape index (κ2) is 7.95. The second-order valence-corrected chi connectivity index (χ2v) is 7.36. The minimum atomic E-state index is -3.17. The molecule has 3 N–H and O–H groups in total. The molecule has 1 rings (SSSR count). The van der Waals surface area contributed by atoms with Crippen LogP contribution in [0.1, 0.15) is 45.4 Å². The molecule has 0 aliphatic carbocycles. The Hall–Kier alpha value is -0.660. The Labute approximate surface area is 122 Å². The summed E-state index contributed by atoms with van der Waals surface area (Å²) in [6.45, 7) is 3.12. The number of carbonyl (C=O) groups excluding carboxylic acids is 1. The number of likely N-dealkylation sites (tertiary alicyclic amines) is 1. The Balaban J connectivity index is 2.55. The van der Waals surface area contributed by atoms with Gasteiger partial charge in [0, 0.05) is 19.1 Å². The van der Waals surface area contributed by atoms with E-state index >= 15 is 0 Å². The molecule has 7 heteroatoms. The molecule has 1 amide bonds. The van der Waals surface area contributed by atoms with Crippen LogP contribution >= 0.6 is 0 Å². The van der Waals surface area contributed by atoms with E-state index in [4.69, 9.17) is 5.73 Å². The maximum atomic E-state index is 12.3. The Kier molecular flexibility index (Phi) is 6.91. The van der Waals surface area contributed by atoms with E-state index in [0.717, 1.165) is 38.5 Å². The van der Waals surface area contributed by atoms with Gasteiger partial charge >= 0.3 is 0 Å². The number of amides is 1. The van der Waals surface area contributed by atoms with Crippen molar-refractivity contribution < 1.29 is 13.2 Å². The summed E-state index contributed by atoms with van der Waals surface area (Å²) in [5.74, 6) is 0.0101. The number of hydrogen-bond donors (Lipinski definition) is 2. The van der Waals surface area contributed by atoms with Crippen LogP contribution in [0.2, 0.25) is 0 Å². The van der Waals surface area contributed by atoms with E-state index in [1.54, 1.807) is 0 Å². The SMILES string of the molecule is CCC[C@H](N)C(=O)N1CCCCC1CCNS(C)(=O)=O. The van der Waals surface area contributed by atoms with Gasteiger partial charge in [-0.2, -0.15) is 0 Å². The molecule has 0 bridgehead atoms. The van der Waals surface area contributed by atoms with E-state index < -0.39 is 16.1 Å². The molecule has 1 aliphatic heterocycles. The molecule has 118 valence electrons. The minimum absolute atomic E-state index is 0.0101. The summed E-state index contributed by atoms with van der Waals surface area (Å²) in [4.78, 5) is 14.2. The maximum Gasteiger partial charge on any atom is 0.239 e. The average Bonchev–Trinajstić information content (AvgIpc) is 2.37. The Bertz CT molecular complexity index is 411. The van der Waals surface area contributed by atoms with Crippen LogP contribution in [0.25, 0.3) is 0 Å². The zero-order valence-corrected chi connectivity index (χ0v) is 13.3. The molecule has 0 spiro atoms. The number of carbonyl (C=O) groups is 1. The number of nitrogens with zero attached hydrogens (tertiary/aromatic N) is 1. The normalized spacial score (nSPS) is 21.8. The van der Waals surface area contributed by atoms with Gasteiger partial charge in [0.15, 0.2) is 0 Å². The maximum absolute atomic E-state index is 12.3. The van der Waals surface area contributed by atoms with Gasteiger partial charge < -0.3 is 10.6 Å². The Morgan fingerprint density at radius 1 is 1.45 bits per heavy atom. The molecule has 20 heavy (non-hydrogen) atoms. The number of nitrogens with one attached hydrogen (secondary N) is 1. The molecule has 0 saturated carbocycles. The van der Waals surface area contributed by atoms with Gasteiger partial charge in [0.05, 0.1) is 12.3 Å². The molecule has 1 unspecified atom stereocenters. The lowest BCUT2D eigenvalue weighted by Gasteiger charge is -2.37. The summed E-state index contributed by atoms with van der Waals surface area (Å²) in [6, 6.07) is -0.322. The van der Waals surface area contributed by atoms with Crippen molar-refractivity contribution in [2.45, 2.75) is 57.5 Å². The Morgan fingerprint density at radius 3 is 2.75 bits per heavy atom. The fourth-order valence-corrected chi connectivity index (χ4v) is 3.14. The molecule has 1 fully saturated rings. The highest BCUT2D eigenvalue weighted by Crippen LogP contribution is 2.20. The van der Waals surface area contributed by atoms with Crippen LogP contribution < -0.4 is 10.5 Å². The third-order valence-corrected chi connectivity index (χ3v) is 4.40. The highest BCUT2D eigenvalue weighted by atomic mass is 32.2. The van der Waals surface area contributed by atoms with Crippen LogP contribution in [0.15, 0.2) is 0 Å². The van der Waals surface area contributed by atoms with Crippen molar-refractivity contribution in [2.24, 2.45) is 5.73 Å². The van der Waals surface area contributed by atoms with Gasteiger partial charge in [-0.3, -0.25) is 4.79 Å². The van der Waals surface area contributed by atoms with Crippen LogP contribution in [-0.4, -0.2) is 50.7 Å². The summed E-state index contributed by atoms with van der Waals surface area (Å²) < 4.78 is 24.6. The van der Waals surface area contributed by atoms with Gasteiger partial charge in [-0.25, -0.2) is 13.1 Å². The molecular weight excluding hydrogens is 278 g/mol. The quantitative estimate of drug-likeness (QED) is 0.713. The first-order chi connectivity index (χ1) is 9.35. The van der Waals surface area contributed by atoms with Crippen molar-refractivity contribution in [3.8, 4) is 0 Å². The molecule has 0 radical (unpaired) electrons. The van der Waals surface area contributed by atoms with Crippen LogP contribution in [0.4, 0.5) is 0 Å². The van der Waals surface area contributed by atoms with E-state index in [0.29, 0.717) is 19.4 Å². The molecule has 0 aromatic rings. The molecular formula is C13H27N3O3S. The molecule has 1 aliphatic rings. The van der Waals surface area contributed by atoms with Crippen molar-refractivity contribution in [1.82, 2.24) is 9.62 Å². The van der Waals surface area contributed by atoms with E-state index in [-0.39, 0.29) is 11.9 Å². The van der Waals surface area contributed by atoms with E-state index in [1.165, 1.54) is 0 Å². The summed E-state index contributed by atoms with van der Waals surface area (Å²) >= 11 is 0. The molecule has 0 aromatic heterocycles. The van der Waals surface area contributed by atoms with E-state index in [9.17, 15) is 13.2 Å². The summed E-state index contributed by atoms with van der Waals surface area (Å²) in [5, 5.41) is 0. The van der Waals surface area contributed by atoms with Gasteiger partial charge in [-0.05, 0) is 32.1 Å².